The molecule has 0 aromatic heterocycles. The van der Waals surface area contributed by atoms with Crippen molar-refractivity contribution in [1.29, 1.82) is 0 Å². The van der Waals surface area contributed by atoms with Gasteiger partial charge in [0.2, 0.25) is 0 Å². The molecule has 0 rings (SSSR count). The van der Waals surface area contributed by atoms with Crippen LogP contribution in [0, 0.1) is 0 Å². The van der Waals surface area contributed by atoms with Crippen LogP contribution in [0.2, 0.25) is 0 Å². The molecule has 5 nitrogen and oxygen atoms in total. The van der Waals surface area contributed by atoms with Gasteiger partial charge in [-0.2, -0.15) is 0 Å². The van der Waals surface area contributed by atoms with Crippen molar-refractivity contribution in [2.75, 3.05) is 20.8 Å². The monoisotopic (exact) mass is 400 g/mol. The van der Waals surface area contributed by atoms with E-state index in [9.17, 15) is 9.59 Å². The number of unbranched alkanes of at least 4 members (excludes halogenated alkanes) is 10. The molecule has 166 valence electrons. The molecule has 28 heavy (non-hydrogen) atoms. The molecule has 0 aliphatic heterocycles. The lowest BCUT2D eigenvalue weighted by Gasteiger charge is -2.18. The number of esters is 2. The van der Waals surface area contributed by atoms with E-state index in [1.54, 1.807) is 0 Å². The molecule has 0 N–H and O–H groups in total. The number of carbonyl (C=O) groups is 2. The van der Waals surface area contributed by atoms with Crippen molar-refractivity contribution < 1.29 is 23.8 Å². The highest BCUT2D eigenvalue weighted by Crippen LogP contribution is 2.17. The molecule has 0 aromatic carbocycles. The summed E-state index contributed by atoms with van der Waals surface area (Å²) in [6, 6.07) is 0. The summed E-state index contributed by atoms with van der Waals surface area (Å²) in [5.41, 5.74) is 0. The maximum absolute atomic E-state index is 11.2. The van der Waals surface area contributed by atoms with E-state index in [-0.39, 0.29) is 18.0 Å². The highest BCUT2D eigenvalue weighted by Gasteiger charge is 2.10. The van der Waals surface area contributed by atoms with Crippen molar-refractivity contribution >= 4 is 11.9 Å². The molecule has 0 spiro atoms. The van der Waals surface area contributed by atoms with E-state index in [0.717, 1.165) is 25.7 Å². The van der Waals surface area contributed by atoms with Gasteiger partial charge in [-0.1, -0.05) is 77.6 Å². The Morgan fingerprint density at radius 2 is 1.11 bits per heavy atom. The van der Waals surface area contributed by atoms with E-state index < -0.39 is 0 Å². The number of rotatable bonds is 20. The molecule has 0 aliphatic rings. The second-order valence-corrected chi connectivity index (χ2v) is 7.61. The molecule has 0 aliphatic carbocycles. The first-order valence-electron chi connectivity index (χ1n) is 11.4. The maximum Gasteiger partial charge on any atom is 0.307 e. The van der Waals surface area contributed by atoms with Crippen LogP contribution < -0.4 is 0 Å². The van der Waals surface area contributed by atoms with Gasteiger partial charge in [-0.05, 0) is 19.3 Å². The van der Waals surface area contributed by atoms with Crippen molar-refractivity contribution in [2.45, 2.75) is 116 Å². The van der Waals surface area contributed by atoms with Crippen LogP contribution >= 0.6 is 0 Å². The Balaban J connectivity index is 3.72. The average Bonchev–Trinajstić information content (AvgIpc) is 2.71. The molecule has 0 heterocycles. The normalized spacial score (nSPS) is 12.0. The quantitative estimate of drug-likeness (QED) is 0.186. The lowest BCUT2D eigenvalue weighted by atomic mass is 10.0. The fourth-order valence-electron chi connectivity index (χ4n) is 3.32. The van der Waals surface area contributed by atoms with Gasteiger partial charge in [-0.25, -0.2) is 0 Å². The summed E-state index contributed by atoms with van der Waals surface area (Å²) in [5, 5.41) is 0. The second kappa shape index (κ2) is 20.6. The summed E-state index contributed by atoms with van der Waals surface area (Å²) in [6.45, 7) is 2.69. The predicted molar refractivity (Wildman–Crippen MR) is 113 cm³/mol. The lowest BCUT2D eigenvalue weighted by Crippen LogP contribution is -2.16. The molecular formula is C23H44O5. The Hall–Kier alpha value is -1.10. The van der Waals surface area contributed by atoms with Crippen molar-refractivity contribution in [3.8, 4) is 0 Å². The van der Waals surface area contributed by atoms with Crippen LogP contribution in [0.1, 0.15) is 110 Å². The summed E-state index contributed by atoms with van der Waals surface area (Å²) in [5.74, 6) is -0.297. The van der Waals surface area contributed by atoms with Crippen LogP contribution in [0.4, 0.5) is 0 Å². The number of carbonyl (C=O) groups excluding carboxylic acids is 2. The standard InChI is InChI=1S/C23H44O5/c1-4-5-6-13-16-21(28-20-19-23(25)27-3)17-14-11-9-7-8-10-12-15-18-22(24)26-2/h21H,4-20H2,1-3H3. The van der Waals surface area contributed by atoms with E-state index in [0.29, 0.717) is 19.4 Å². The summed E-state index contributed by atoms with van der Waals surface area (Å²) >= 11 is 0. The first kappa shape index (κ1) is 26.9. The Bertz CT molecular complexity index is 370. The van der Waals surface area contributed by atoms with Crippen LogP contribution in [-0.4, -0.2) is 38.9 Å². The largest absolute Gasteiger partial charge is 0.469 e. The SMILES string of the molecule is CCCCCCC(CCCCCCCCCCC(=O)OC)OCCC(=O)OC. The smallest absolute Gasteiger partial charge is 0.307 e. The van der Waals surface area contributed by atoms with Gasteiger partial charge in [0.1, 0.15) is 0 Å². The van der Waals surface area contributed by atoms with E-state index in [2.05, 4.69) is 16.4 Å². The van der Waals surface area contributed by atoms with Crippen molar-refractivity contribution in [1.82, 2.24) is 0 Å². The van der Waals surface area contributed by atoms with Gasteiger partial charge in [0.05, 0.1) is 33.4 Å². The third-order valence-electron chi connectivity index (χ3n) is 5.15. The summed E-state index contributed by atoms with van der Waals surface area (Å²) in [7, 11) is 2.87. The zero-order valence-corrected chi connectivity index (χ0v) is 18.6. The van der Waals surface area contributed by atoms with Crippen molar-refractivity contribution in [3.63, 3.8) is 0 Å². The highest BCUT2D eigenvalue weighted by molar-refractivity contribution is 5.69. The first-order chi connectivity index (χ1) is 13.6. The minimum atomic E-state index is -0.198. The average molecular weight is 401 g/mol. The van der Waals surface area contributed by atoms with Gasteiger partial charge >= 0.3 is 11.9 Å². The molecule has 0 amide bonds. The molecule has 0 fully saturated rings. The fraction of sp³-hybridized carbons (Fsp3) is 0.913. The minimum Gasteiger partial charge on any atom is -0.469 e. The second-order valence-electron chi connectivity index (χ2n) is 7.61. The number of ether oxygens (including phenoxy) is 3. The van der Waals surface area contributed by atoms with Gasteiger partial charge in [0, 0.05) is 6.42 Å². The minimum absolute atomic E-state index is 0.0990. The molecule has 0 radical (unpaired) electrons. The molecule has 0 aromatic rings. The van der Waals surface area contributed by atoms with Crippen LogP contribution in [0.5, 0.6) is 0 Å². The van der Waals surface area contributed by atoms with E-state index in [4.69, 9.17) is 4.74 Å². The summed E-state index contributed by atoms with van der Waals surface area (Å²) < 4.78 is 15.3. The van der Waals surface area contributed by atoms with E-state index in [1.807, 2.05) is 0 Å². The third-order valence-corrected chi connectivity index (χ3v) is 5.15. The fourth-order valence-corrected chi connectivity index (χ4v) is 3.32. The van der Waals surface area contributed by atoms with Gasteiger partial charge in [0.15, 0.2) is 0 Å². The van der Waals surface area contributed by atoms with Gasteiger partial charge in [-0.15, -0.1) is 0 Å². The molecule has 0 bridgehead atoms. The predicted octanol–water partition coefficient (Wildman–Crippen LogP) is 5.98. The topological polar surface area (TPSA) is 61.8 Å². The van der Waals surface area contributed by atoms with Crippen LogP contribution in [0.3, 0.4) is 0 Å². The Kier molecular flexibility index (Phi) is 19.8. The zero-order valence-electron chi connectivity index (χ0n) is 18.6. The van der Waals surface area contributed by atoms with Crippen molar-refractivity contribution in [2.24, 2.45) is 0 Å². The third kappa shape index (κ3) is 18.3. The van der Waals surface area contributed by atoms with Gasteiger partial charge < -0.3 is 14.2 Å². The van der Waals surface area contributed by atoms with Crippen molar-refractivity contribution in [3.05, 3.63) is 0 Å². The van der Waals surface area contributed by atoms with Crippen LogP contribution in [0.15, 0.2) is 0 Å². The zero-order chi connectivity index (χ0) is 20.9. The number of hydrogen-bond donors (Lipinski definition) is 0. The molecule has 1 atom stereocenters. The van der Waals surface area contributed by atoms with Gasteiger partial charge in [0.25, 0.3) is 0 Å². The van der Waals surface area contributed by atoms with Crippen LogP contribution in [-0.2, 0) is 23.8 Å². The molecule has 1 unspecified atom stereocenters. The Labute approximate surface area is 172 Å². The molecular weight excluding hydrogens is 356 g/mol. The van der Waals surface area contributed by atoms with Gasteiger partial charge in [-0.3, -0.25) is 9.59 Å². The Morgan fingerprint density at radius 1 is 0.643 bits per heavy atom. The molecule has 0 saturated heterocycles. The molecule has 5 heteroatoms. The Morgan fingerprint density at radius 3 is 1.64 bits per heavy atom. The first-order valence-corrected chi connectivity index (χ1v) is 11.4. The maximum atomic E-state index is 11.2. The number of hydrogen-bond acceptors (Lipinski definition) is 5. The summed E-state index contributed by atoms with van der Waals surface area (Å²) in [6.07, 6.45) is 17.8. The molecule has 0 saturated carbocycles. The summed E-state index contributed by atoms with van der Waals surface area (Å²) in [4.78, 5) is 22.3. The van der Waals surface area contributed by atoms with E-state index in [1.165, 1.54) is 78.4 Å². The highest BCUT2D eigenvalue weighted by atomic mass is 16.5. The van der Waals surface area contributed by atoms with E-state index >= 15 is 0 Å². The lowest BCUT2D eigenvalue weighted by molar-refractivity contribution is -0.142. The van der Waals surface area contributed by atoms with Crippen LogP contribution in [0.25, 0.3) is 0 Å². The number of methoxy groups -OCH3 is 2.